The van der Waals surface area contributed by atoms with Crippen LogP contribution in [0.1, 0.15) is 53.3 Å². The molecule has 0 N–H and O–H groups in total. The number of esters is 1. The van der Waals surface area contributed by atoms with E-state index in [-0.39, 0.29) is 29.9 Å². The first-order valence-corrected chi connectivity index (χ1v) is 7.22. The molecule has 0 saturated heterocycles. The lowest BCUT2D eigenvalue weighted by molar-refractivity contribution is -0.148. The molecule has 2 amide bonds. The van der Waals surface area contributed by atoms with Crippen LogP contribution in [-0.2, 0) is 9.53 Å². The second-order valence-electron chi connectivity index (χ2n) is 5.58. The van der Waals surface area contributed by atoms with E-state index in [0.717, 1.165) is 19.3 Å². The Bertz CT molecular complexity index is 575. The van der Waals surface area contributed by atoms with E-state index in [1.54, 1.807) is 24.3 Å². The van der Waals surface area contributed by atoms with Gasteiger partial charge in [-0.15, -0.1) is 0 Å². The van der Waals surface area contributed by atoms with Crippen LogP contribution < -0.4 is 0 Å². The van der Waals surface area contributed by atoms with Gasteiger partial charge in [-0.2, -0.15) is 0 Å². The Kier molecular flexibility index (Phi) is 3.49. The first-order valence-electron chi connectivity index (χ1n) is 7.22. The van der Waals surface area contributed by atoms with E-state index in [4.69, 9.17) is 4.74 Å². The topological polar surface area (TPSA) is 63.7 Å². The molecule has 21 heavy (non-hydrogen) atoms. The van der Waals surface area contributed by atoms with Crippen molar-refractivity contribution in [3.8, 4) is 0 Å². The summed E-state index contributed by atoms with van der Waals surface area (Å²) in [5.74, 6) is -0.781. The van der Waals surface area contributed by atoms with Crippen LogP contribution in [0.25, 0.3) is 0 Å². The van der Waals surface area contributed by atoms with Crippen molar-refractivity contribution < 1.29 is 19.1 Å². The second-order valence-corrected chi connectivity index (χ2v) is 5.58. The minimum atomic E-state index is -0.317. The van der Waals surface area contributed by atoms with Crippen molar-refractivity contribution in [1.82, 2.24) is 4.90 Å². The van der Waals surface area contributed by atoms with Crippen LogP contribution in [0.15, 0.2) is 24.3 Å². The Labute approximate surface area is 122 Å². The van der Waals surface area contributed by atoms with Gasteiger partial charge in [0.25, 0.3) is 11.8 Å². The monoisotopic (exact) mass is 287 g/mol. The second kappa shape index (κ2) is 5.31. The zero-order chi connectivity index (χ0) is 15.0. The van der Waals surface area contributed by atoms with Crippen LogP contribution in [0.2, 0.25) is 0 Å². The molecule has 0 spiro atoms. The molecule has 1 aromatic rings. The first-order chi connectivity index (χ1) is 10.1. The average Bonchev–Trinajstić information content (AvgIpc) is 2.71. The Morgan fingerprint density at radius 3 is 2.33 bits per heavy atom. The number of amides is 2. The number of ether oxygens (including phenoxy) is 1. The largest absolute Gasteiger partial charge is 0.462 e. The maximum absolute atomic E-state index is 12.4. The third-order valence-electron chi connectivity index (χ3n) is 4.12. The summed E-state index contributed by atoms with van der Waals surface area (Å²) >= 11 is 0. The highest BCUT2D eigenvalue weighted by Crippen LogP contribution is 2.31. The van der Waals surface area contributed by atoms with E-state index in [9.17, 15) is 14.4 Å². The van der Waals surface area contributed by atoms with Crippen LogP contribution in [0.3, 0.4) is 0 Å². The molecule has 2 aliphatic rings. The molecule has 1 aliphatic carbocycles. The molecule has 1 heterocycles. The van der Waals surface area contributed by atoms with Gasteiger partial charge in [-0.05, 0) is 31.4 Å². The van der Waals surface area contributed by atoms with E-state index >= 15 is 0 Å². The summed E-state index contributed by atoms with van der Waals surface area (Å²) in [6, 6.07) is 6.70. The lowest BCUT2D eigenvalue weighted by atomic mass is 9.91. The molecule has 0 radical (unpaired) electrons. The van der Waals surface area contributed by atoms with Crippen molar-refractivity contribution in [2.45, 2.75) is 44.8 Å². The average molecular weight is 287 g/mol. The summed E-state index contributed by atoms with van der Waals surface area (Å²) in [5, 5.41) is 0. The highest BCUT2D eigenvalue weighted by Gasteiger charge is 2.41. The van der Waals surface area contributed by atoms with Crippen molar-refractivity contribution in [1.29, 1.82) is 0 Å². The lowest BCUT2D eigenvalue weighted by Gasteiger charge is -2.33. The van der Waals surface area contributed by atoms with E-state index in [2.05, 4.69) is 0 Å². The molecule has 1 aliphatic heterocycles. The van der Waals surface area contributed by atoms with Gasteiger partial charge in [0.15, 0.2) is 0 Å². The highest BCUT2D eigenvalue weighted by atomic mass is 16.5. The molecule has 0 aromatic heterocycles. The van der Waals surface area contributed by atoms with Gasteiger partial charge < -0.3 is 4.74 Å². The van der Waals surface area contributed by atoms with Gasteiger partial charge in [-0.1, -0.05) is 12.1 Å². The molecule has 3 rings (SSSR count). The minimum absolute atomic E-state index is 0.185. The summed E-state index contributed by atoms with van der Waals surface area (Å²) in [7, 11) is 0. The summed E-state index contributed by atoms with van der Waals surface area (Å²) in [6.45, 7) is 1.38. The molecular weight excluding hydrogens is 270 g/mol. The predicted octanol–water partition coefficient (Wildman–Crippen LogP) is 2.16. The van der Waals surface area contributed by atoms with Crippen LogP contribution >= 0.6 is 0 Å². The molecule has 1 aromatic carbocycles. The summed E-state index contributed by atoms with van der Waals surface area (Å²) in [5.41, 5.74) is 0.939. The maximum Gasteiger partial charge on any atom is 0.302 e. The fourth-order valence-electron chi connectivity index (χ4n) is 3.24. The quantitative estimate of drug-likeness (QED) is 0.617. The van der Waals surface area contributed by atoms with Crippen molar-refractivity contribution in [2.24, 2.45) is 0 Å². The zero-order valence-electron chi connectivity index (χ0n) is 11.9. The number of fused-ring (bicyclic) bond motifs is 1. The summed E-state index contributed by atoms with van der Waals surface area (Å²) in [4.78, 5) is 37.3. The van der Waals surface area contributed by atoms with Gasteiger partial charge in [0.1, 0.15) is 6.10 Å². The SMILES string of the molecule is CC(=O)O[C@@H]1CCC[C@H](N2C(=O)c3ccccc3C2=O)C1. The molecule has 1 saturated carbocycles. The molecule has 1 fully saturated rings. The van der Waals surface area contributed by atoms with Crippen LogP contribution in [0.4, 0.5) is 0 Å². The van der Waals surface area contributed by atoms with Crippen LogP contribution in [0.5, 0.6) is 0 Å². The summed E-state index contributed by atoms with van der Waals surface area (Å²) < 4.78 is 5.24. The van der Waals surface area contributed by atoms with Gasteiger partial charge >= 0.3 is 5.97 Å². The number of carbonyl (C=O) groups excluding carboxylic acids is 3. The Morgan fingerprint density at radius 1 is 1.14 bits per heavy atom. The predicted molar refractivity (Wildman–Crippen MR) is 74.8 cm³/mol. The van der Waals surface area contributed by atoms with Crippen molar-refractivity contribution >= 4 is 17.8 Å². The number of nitrogens with zero attached hydrogens (tertiary/aromatic N) is 1. The van der Waals surface area contributed by atoms with Crippen LogP contribution in [-0.4, -0.2) is 34.8 Å². The zero-order valence-corrected chi connectivity index (χ0v) is 11.9. The number of carbonyl (C=O) groups is 3. The fraction of sp³-hybridized carbons (Fsp3) is 0.438. The normalized spacial score (nSPS) is 24.9. The van der Waals surface area contributed by atoms with Gasteiger partial charge in [0.05, 0.1) is 11.1 Å². The van der Waals surface area contributed by atoms with E-state index < -0.39 is 0 Å². The van der Waals surface area contributed by atoms with E-state index in [1.807, 2.05) is 0 Å². The van der Waals surface area contributed by atoms with E-state index in [1.165, 1.54) is 11.8 Å². The minimum Gasteiger partial charge on any atom is -0.462 e. The molecule has 5 heteroatoms. The molecule has 0 bridgehead atoms. The smallest absolute Gasteiger partial charge is 0.302 e. The van der Waals surface area contributed by atoms with Crippen molar-refractivity contribution in [2.75, 3.05) is 0 Å². The van der Waals surface area contributed by atoms with Crippen molar-refractivity contribution in [3.05, 3.63) is 35.4 Å². The Morgan fingerprint density at radius 2 is 1.76 bits per heavy atom. The molecule has 5 nitrogen and oxygen atoms in total. The van der Waals surface area contributed by atoms with Gasteiger partial charge in [0, 0.05) is 19.4 Å². The van der Waals surface area contributed by atoms with Crippen LogP contribution in [0, 0.1) is 0 Å². The molecule has 110 valence electrons. The number of rotatable bonds is 2. The lowest BCUT2D eigenvalue weighted by Crippen LogP contribution is -2.44. The maximum atomic E-state index is 12.4. The first kappa shape index (κ1) is 13.8. The number of benzene rings is 1. The van der Waals surface area contributed by atoms with E-state index in [0.29, 0.717) is 17.5 Å². The number of imide groups is 1. The number of hydrogen-bond acceptors (Lipinski definition) is 4. The number of hydrogen-bond donors (Lipinski definition) is 0. The standard InChI is InChI=1S/C16H17NO4/c1-10(18)21-12-6-4-5-11(9-12)17-15(19)13-7-2-3-8-14(13)16(17)20/h2-3,7-8,11-12H,4-6,9H2,1H3/t11-,12+/m0/s1. The van der Waals surface area contributed by atoms with Gasteiger partial charge in [-0.25, -0.2) is 0 Å². The molecular formula is C16H17NO4. The molecule has 0 unspecified atom stereocenters. The molecule has 2 atom stereocenters. The van der Waals surface area contributed by atoms with Gasteiger partial charge in [0.2, 0.25) is 0 Å². The van der Waals surface area contributed by atoms with Gasteiger partial charge in [-0.3, -0.25) is 19.3 Å². The third-order valence-corrected chi connectivity index (χ3v) is 4.12. The Balaban J connectivity index is 1.80. The summed E-state index contributed by atoms with van der Waals surface area (Å²) in [6.07, 6.45) is 2.73. The third kappa shape index (κ3) is 2.44. The fourth-order valence-corrected chi connectivity index (χ4v) is 3.24. The highest BCUT2D eigenvalue weighted by molar-refractivity contribution is 6.21. The van der Waals surface area contributed by atoms with Crippen molar-refractivity contribution in [3.63, 3.8) is 0 Å². The Hall–Kier alpha value is -2.17.